The number of benzene rings is 1. The summed E-state index contributed by atoms with van der Waals surface area (Å²) in [7, 11) is 0. The van der Waals surface area contributed by atoms with Crippen LogP contribution in [0.2, 0.25) is 0 Å². The number of halogens is 1. The lowest BCUT2D eigenvalue weighted by atomic mass is 9.98. The van der Waals surface area contributed by atoms with E-state index in [0.717, 1.165) is 36.0 Å². The molecular formula is C15H20BrNO. The minimum atomic E-state index is 0.193. The van der Waals surface area contributed by atoms with Crippen molar-refractivity contribution in [3.05, 3.63) is 34.9 Å². The van der Waals surface area contributed by atoms with Crippen LogP contribution in [0.25, 0.3) is 0 Å². The van der Waals surface area contributed by atoms with Crippen molar-refractivity contribution in [3.63, 3.8) is 0 Å². The second-order valence-electron chi connectivity index (χ2n) is 5.23. The molecule has 0 bridgehead atoms. The summed E-state index contributed by atoms with van der Waals surface area (Å²) in [6.07, 6.45) is 2.34. The van der Waals surface area contributed by atoms with Gasteiger partial charge in [-0.05, 0) is 44.2 Å². The normalized spacial score (nSPS) is 19.9. The van der Waals surface area contributed by atoms with Crippen molar-refractivity contribution in [3.8, 4) is 0 Å². The maximum Gasteiger partial charge on any atom is 0.254 e. The molecule has 18 heavy (non-hydrogen) atoms. The third-order valence-corrected chi connectivity index (χ3v) is 4.55. The fourth-order valence-corrected chi connectivity index (χ4v) is 3.13. The molecule has 98 valence electrons. The number of hydrogen-bond donors (Lipinski definition) is 0. The molecule has 0 spiro atoms. The predicted molar refractivity (Wildman–Crippen MR) is 78.3 cm³/mol. The number of nitrogens with zero attached hydrogens (tertiary/aromatic N) is 1. The lowest BCUT2D eigenvalue weighted by molar-refractivity contribution is 0.0685. The SMILES string of the molecule is Cc1ccc(C(=O)N2CCCC(CBr)C2)c(C)c1. The molecular weight excluding hydrogens is 290 g/mol. The molecule has 1 heterocycles. The van der Waals surface area contributed by atoms with Gasteiger partial charge in [-0.3, -0.25) is 4.79 Å². The summed E-state index contributed by atoms with van der Waals surface area (Å²) < 4.78 is 0. The van der Waals surface area contributed by atoms with Crippen molar-refractivity contribution in [1.82, 2.24) is 4.90 Å². The average Bonchev–Trinajstić information content (AvgIpc) is 2.38. The molecule has 2 rings (SSSR count). The van der Waals surface area contributed by atoms with Gasteiger partial charge in [0.2, 0.25) is 0 Å². The topological polar surface area (TPSA) is 20.3 Å². The van der Waals surface area contributed by atoms with Crippen LogP contribution in [0.5, 0.6) is 0 Å². The zero-order valence-electron chi connectivity index (χ0n) is 11.1. The first-order valence-electron chi connectivity index (χ1n) is 6.54. The zero-order chi connectivity index (χ0) is 13.1. The van der Waals surface area contributed by atoms with E-state index in [-0.39, 0.29) is 5.91 Å². The monoisotopic (exact) mass is 309 g/mol. The third-order valence-electron chi connectivity index (χ3n) is 3.64. The summed E-state index contributed by atoms with van der Waals surface area (Å²) in [4.78, 5) is 14.5. The zero-order valence-corrected chi connectivity index (χ0v) is 12.7. The second-order valence-corrected chi connectivity index (χ2v) is 5.88. The summed E-state index contributed by atoms with van der Waals surface area (Å²) in [6.45, 7) is 5.86. The Hall–Kier alpha value is -0.830. The number of carbonyl (C=O) groups is 1. The van der Waals surface area contributed by atoms with Gasteiger partial charge in [0.25, 0.3) is 5.91 Å². The number of likely N-dealkylation sites (tertiary alicyclic amines) is 1. The minimum absolute atomic E-state index is 0.193. The molecule has 0 N–H and O–H groups in total. The van der Waals surface area contributed by atoms with Crippen molar-refractivity contribution in [1.29, 1.82) is 0 Å². The maximum atomic E-state index is 12.5. The van der Waals surface area contributed by atoms with Gasteiger partial charge in [0.1, 0.15) is 0 Å². The summed E-state index contributed by atoms with van der Waals surface area (Å²) >= 11 is 3.53. The average molecular weight is 310 g/mol. The molecule has 1 amide bonds. The van der Waals surface area contributed by atoms with Crippen LogP contribution in [0.15, 0.2) is 18.2 Å². The van der Waals surface area contributed by atoms with Crippen LogP contribution >= 0.6 is 15.9 Å². The number of alkyl halides is 1. The van der Waals surface area contributed by atoms with Crippen molar-refractivity contribution >= 4 is 21.8 Å². The number of hydrogen-bond acceptors (Lipinski definition) is 1. The fraction of sp³-hybridized carbons (Fsp3) is 0.533. The molecule has 1 atom stereocenters. The Bertz CT molecular complexity index is 444. The van der Waals surface area contributed by atoms with E-state index in [2.05, 4.69) is 28.9 Å². The molecule has 0 saturated carbocycles. The molecule has 0 radical (unpaired) electrons. The Balaban J connectivity index is 2.15. The van der Waals surface area contributed by atoms with Gasteiger partial charge in [0.05, 0.1) is 0 Å². The molecule has 1 fully saturated rings. The lowest BCUT2D eigenvalue weighted by Gasteiger charge is -2.32. The standard InChI is InChI=1S/C15H20BrNO/c1-11-5-6-14(12(2)8-11)15(18)17-7-3-4-13(9-16)10-17/h5-6,8,13H,3-4,7,9-10H2,1-2H3. The van der Waals surface area contributed by atoms with Gasteiger partial charge < -0.3 is 4.90 Å². The summed E-state index contributed by atoms with van der Waals surface area (Å²) in [5.74, 6) is 0.798. The number of aryl methyl sites for hydroxylation is 2. The van der Waals surface area contributed by atoms with Crippen LogP contribution in [-0.4, -0.2) is 29.2 Å². The molecule has 1 aromatic carbocycles. The highest BCUT2D eigenvalue weighted by atomic mass is 79.9. The highest BCUT2D eigenvalue weighted by Gasteiger charge is 2.24. The van der Waals surface area contributed by atoms with Crippen molar-refractivity contribution < 1.29 is 4.79 Å². The Labute approximate surface area is 117 Å². The van der Waals surface area contributed by atoms with Crippen LogP contribution in [0, 0.1) is 19.8 Å². The van der Waals surface area contributed by atoms with Gasteiger partial charge in [-0.15, -0.1) is 0 Å². The number of carbonyl (C=O) groups excluding carboxylic acids is 1. The highest BCUT2D eigenvalue weighted by molar-refractivity contribution is 9.09. The van der Waals surface area contributed by atoms with E-state index in [1.54, 1.807) is 0 Å². The van der Waals surface area contributed by atoms with Crippen LogP contribution in [0.1, 0.15) is 34.3 Å². The maximum absolute atomic E-state index is 12.5. The fourth-order valence-electron chi connectivity index (χ4n) is 2.60. The Kier molecular flexibility index (Phi) is 4.44. The quantitative estimate of drug-likeness (QED) is 0.765. The largest absolute Gasteiger partial charge is 0.338 e. The second kappa shape index (κ2) is 5.87. The lowest BCUT2D eigenvalue weighted by Crippen LogP contribution is -2.40. The van der Waals surface area contributed by atoms with Crippen molar-refractivity contribution in [2.45, 2.75) is 26.7 Å². The molecule has 2 nitrogen and oxygen atoms in total. The van der Waals surface area contributed by atoms with Gasteiger partial charge in [-0.1, -0.05) is 33.6 Å². The van der Waals surface area contributed by atoms with E-state index in [0.29, 0.717) is 5.92 Å². The van der Waals surface area contributed by atoms with Crippen LogP contribution in [0.4, 0.5) is 0 Å². The predicted octanol–water partition coefficient (Wildman–Crippen LogP) is 3.55. The van der Waals surface area contributed by atoms with Crippen LogP contribution in [-0.2, 0) is 0 Å². The van der Waals surface area contributed by atoms with Crippen LogP contribution in [0.3, 0.4) is 0 Å². The first kappa shape index (κ1) is 13.6. The van der Waals surface area contributed by atoms with Crippen molar-refractivity contribution in [2.75, 3.05) is 18.4 Å². The van der Waals surface area contributed by atoms with Crippen LogP contribution < -0.4 is 0 Å². The number of piperidine rings is 1. The third kappa shape index (κ3) is 2.94. The van der Waals surface area contributed by atoms with Crippen molar-refractivity contribution in [2.24, 2.45) is 5.92 Å². The summed E-state index contributed by atoms with van der Waals surface area (Å²) in [5.41, 5.74) is 3.15. The van der Waals surface area contributed by atoms with E-state index in [9.17, 15) is 4.79 Å². The van der Waals surface area contributed by atoms with E-state index in [1.807, 2.05) is 24.0 Å². The molecule has 1 aliphatic rings. The van der Waals surface area contributed by atoms with Gasteiger partial charge >= 0.3 is 0 Å². The Morgan fingerprint density at radius 2 is 2.22 bits per heavy atom. The first-order valence-corrected chi connectivity index (χ1v) is 7.66. The first-order chi connectivity index (χ1) is 8.61. The van der Waals surface area contributed by atoms with E-state index < -0.39 is 0 Å². The molecule has 3 heteroatoms. The molecule has 0 aromatic heterocycles. The smallest absolute Gasteiger partial charge is 0.254 e. The van der Waals surface area contributed by atoms with E-state index >= 15 is 0 Å². The minimum Gasteiger partial charge on any atom is -0.338 e. The van der Waals surface area contributed by atoms with Gasteiger partial charge in [-0.2, -0.15) is 0 Å². The molecule has 1 unspecified atom stereocenters. The van der Waals surface area contributed by atoms with Gasteiger partial charge in [0, 0.05) is 24.0 Å². The Morgan fingerprint density at radius 1 is 1.44 bits per heavy atom. The summed E-state index contributed by atoms with van der Waals surface area (Å²) in [5, 5.41) is 0.990. The molecule has 1 aliphatic heterocycles. The van der Waals surface area contributed by atoms with E-state index in [1.165, 1.54) is 12.0 Å². The van der Waals surface area contributed by atoms with Gasteiger partial charge in [-0.25, -0.2) is 0 Å². The number of rotatable bonds is 2. The van der Waals surface area contributed by atoms with E-state index in [4.69, 9.17) is 0 Å². The molecule has 0 aliphatic carbocycles. The highest BCUT2D eigenvalue weighted by Crippen LogP contribution is 2.21. The summed E-state index contributed by atoms with van der Waals surface area (Å²) in [6, 6.07) is 6.07. The Morgan fingerprint density at radius 3 is 2.89 bits per heavy atom. The molecule has 1 saturated heterocycles. The van der Waals surface area contributed by atoms with Gasteiger partial charge in [0.15, 0.2) is 0 Å². The number of amides is 1. The molecule has 1 aromatic rings.